The topological polar surface area (TPSA) is 101 Å². The molecule has 11 heteroatoms. The van der Waals surface area contributed by atoms with Crippen LogP contribution in [0.15, 0.2) is 96.6 Å². The molecule has 0 aliphatic carbocycles. The molecule has 2 amide bonds. The second-order valence-corrected chi connectivity index (χ2v) is 11.3. The van der Waals surface area contributed by atoms with Crippen LogP contribution in [0.3, 0.4) is 0 Å². The summed E-state index contributed by atoms with van der Waals surface area (Å²) in [5.74, 6) is -1.04. The molecule has 1 fully saturated rings. The number of amides is 2. The van der Waals surface area contributed by atoms with Gasteiger partial charge in [0.25, 0.3) is 5.91 Å². The van der Waals surface area contributed by atoms with E-state index in [0.29, 0.717) is 35.2 Å². The van der Waals surface area contributed by atoms with E-state index >= 15 is 0 Å². The van der Waals surface area contributed by atoms with Crippen molar-refractivity contribution in [2.24, 2.45) is 0 Å². The van der Waals surface area contributed by atoms with Crippen molar-refractivity contribution in [3.8, 4) is 0 Å². The largest absolute Gasteiger partial charge is 0.367 e. The Labute approximate surface area is 258 Å². The van der Waals surface area contributed by atoms with E-state index in [1.165, 1.54) is 23.6 Å². The van der Waals surface area contributed by atoms with Crippen molar-refractivity contribution >= 4 is 39.7 Å². The van der Waals surface area contributed by atoms with E-state index in [1.807, 2.05) is 60.0 Å². The van der Waals surface area contributed by atoms with Gasteiger partial charge in [0, 0.05) is 42.2 Å². The van der Waals surface area contributed by atoms with Gasteiger partial charge in [0.05, 0.1) is 18.3 Å². The third-order valence-corrected chi connectivity index (χ3v) is 8.15. The number of nitrogens with one attached hydrogen (secondary N) is 2. The van der Waals surface area contributed by atoms with Crippen molar-refractivity contribution in [3.05, 3.63) is 125 Å². The number of pyridine rings is 1. The van der Waals surface area contributed by atoms with Crippen LogP contribution in [-0.2, 0) is 22.7 Å². The maximum Gasteiger partial charge on any atom is 0.274 e. The molecule has 0 bridgehead atoms. The van der Waals surface area contributed by atoms with Crippen molar-refractivity contribution in [3.63, 3.8) is 0 Å². The van der Waals surface area contributed by atoms with Crippen LogP contribution in [0, 0.1) is 5.95 Å². The molecule has 0 unspecified atom stereocenters. The number of rotatable bonds is 11. The van der Waals surface area contributed by atoms with Crippen LogP contribution in [0.1, 0.15) is 46.2 Å². The first kappa shape index (κ1) is 29.2. The number of halogens is 1. The molecular weight excluding hydrogens is 579 g/mol. The predicted octanol–water partition coefficient (Wildman–Crippen LogP) is 6.28. The number of carbonyl (C=O) groups excluding carboxylic acids is 2. The Bertz CT molecular complexity index is 1720. The van der Waals surface area contributed by atoms with E-state index in [9.17, 15) is 14.0 Å². The van der Waals surface area contributed by atoms with Crippen molar-refractivity contribution in [1.82, 2.24) is 14.5 Å². The van der Waals surface area contributed by atoms with Crippen LogP contribution in [0.25, 0.3) is 0 Å². The van der Waals surface area contributed by atoms with E-state index in [0.717, 1.165) is 36.3 Å². The number of nitrogens with zero attached hydrogens (tertiary/aromatic N) is 4. The minimum Gasteiger partial charge on any atom is -0.367 e. The number of hydrogen-bond donors (Lipinski definition) is 2. The molecule has 3 aromatic heterocycles. The van der Waals surface area contributed by atoms with Gasteiger partial charge in [-0.3, -0.25) is 14.9 Å². The lowest BCUT2D eigenvalue weighted by Crippen LogP contribution is -2.23. The molecule has 0 saturated carbocycles. The summed E-state index contributed by atoms with van der Waals surface area (Å²) < 4.78 is 20.8. The first-order chi connectivity index (χ1) is 21.5. The first-order valence-corrected chi connectivity index (χ1v) is 15.2. The molecule has 2 aromatic carbocycles. The fraction of sp³-hybridized carbons (Fsp3) is 0.212. The molecule has 1 aliphatic heterocycles. The zero-order valence-electron chi connectivity index (χ0n) is 23.9. The highest BCUT2D eigenvalue weighted by molar-refractivity contribution is 7.14. The van der Waals surface area contributed by atoms with Gasteiger partial charge in [-0.15, -0.1) is 11.3 Å². The molecule has 0 spiro atoms. The Morgan fingerprint density at radius 1 is 1.00 bits per heavy atom. The number of carbonyl (C=O) groups is 2. The minimum atomic E-state index is -0.556. The summed E-state index contributed by atoms with van der Waals surface area (Å²) >= 11 is 1.39. The number of thiazole rings is 1. The summed E-state index contributed by atoms with van der Waals surface area (Å²) in [6, 6.07) is 24.2. The molecule has 5 aromatic rings. The number of hydrogen-bond acceptors (Lipinski definition) is 7. The van der Waals surface area contributed by atoms with Gasteiger partial charge in [0.1, 0.15) is 12.3 Å². The van der Waals surface area contributed by atoms with Crippen LogP contribution in [0.5, 0.6) is 0 Å². The maximum atomic E-state index is 13.5. The van der Waals surface area contributed by atoms with Gasteiger partial charge >= 0.3 is 0 Å². The number of ether oxygens (including phenoxy) is 1. The van der Waals surface area contributed by atoms with Gasteiger partial charge < -0.3 is 19.5 Å². The Morgan fingerprint density at radius 3 is 2.66 bits per heavy atom. The molecule has 2 N–H and O–H groups in total. The smallest absolute Gasteiger partial charge is 0.274 e. The Balaban J connectivity index is 1.04. The SMILES string of the molecule is O=C(COCc1ccccc1)Nc1ccc(N2CCC[C@@H]2c2csc(NC(=O)c3cccn3Cc3ccnc(F)c3)n2)cc1. The first-order valence-electron chi connectivity index (χ1n) is 14.3. The highest BCUT2D eigenvalue weighted by atomic mass is 32.1. The van der Waals surface area contributed by atoms with Gasteiger partial charge in [-0.2, -0.15) is 4.39 Å². The van der Waals surface area contributed by atoms with E-state index in [-0.39, 0.29) is 24.5 Å². The maximum absolute atomic E-state index is 13.5. The zero-order chi connectivity index (χ0) is 30.3. The molecule has 1 saturated heterocycles. The summed E-state index contributed by atoms with van der Waals surface area (Å²) in [6.45, 7) is 1.59. The zero-order valence-corrected chi connectivity index (χ0v) is 24.7. The van der Waals surface area contributed by atoms with Crippen LogP contribution in [0.2, 0.25) is 0 Å². The van der Waals surface area contributed by atoms with Crippen molar-refractivity contribution in [2.75, 3.05) is 28.7 Å². The van der Waals surface area contributed by atoms with Gasteiger partial charge in [-0.05, 0) is 72.5 Å². The van der Waals surface area contributed by atoms with Crippen molar-refractivity contribution in [2.45, 2.75) is 32.0 Å². The monoisotopic (exact) mass is 610 g/mol. The summed E-state index contributed by atoms with van der Waals surface area (Å²) in [5.41, 5.74) is 4.83. The predicted molar refractivity (Wildman–Crippen MR) is 168 cm³/mol. The average Bonchev–Trinajstić information content (AvgIpc) is 3.80. The van der Waals surface area contributed by atoms with Crippen LogP contribution in [0.4, 0.5) is 20.9 Å². The van der Waals surface area contributed by atoms with Crippen LogP contribution in [-0.4, -0.2) is 39.5 Å². The van der Waals surface area contributed by atoms with Gasteiger partial charge in [-0.25, -0.2) is 9.97 Å². The fourth-order valence-corrected chi connectivity index (χ4v) is 6.06. The summed E-state index contributed by atoms with van der Waals surface area (Å²) in [6.07, 6.45) is 5.16. The molecular formula is C33H31FN6O3S. The quantitative estimate of drug-likeness (QED) is 0.171. The molecule has 6 rings (SSSR count). The Morgan fingerprint density at radius 2 is 1.84 bits per heavy atom. The molecule has 224 valence electrons. The van der Waals surface area contributed by atoms with Crippen LogP contribution >= 0.6 is 11.3 Å². The van der Waals surface area contributed by atoms with Crippen LogP contribution < -0.4 is 15.5 Å². The van der Waals surface area contributed by atoms with E-state index in [1.54, 1.807) is 29.0 Å². The second-order valence-electron chi connectivity index (χ2n) is 10.5. The molecule has 4 heterocycles. The molecule has 1 aliphatic rings. The second kappa shape index (κ2) is 13.6. The third-order valence-electron chi connectivity index (χ3n) is 7.37. The Kier molecular flexibility index (Phi) is 9.04. The van der Waals surface area contributed by atoms with Gasteiger partial charge in [0.2, 0.25) is 11.9 Å². The molecule has 0 radical (unpaired) electrons. The standard InChI is InChI=1S/C33H31FN6O3S/c34-30-18-24(14-15-35-30)19-39-16-4-9-29(39)32(42)38-33-37-27(22-44-33)28-8-5-17-40(28)26-12-10-25(11-13-26)36-31(41)21-43-20-23-6-2-1-3-7-23/h1-4,6-7,9-16,18,22,28H,5,8,17,19-21H2,(H,36,41)(H,37,38,42)/t28-/m1/s1. The third kappa shape index (κ3) is 7.19. The minimum absolute atomic E-state index is 0.0237. The van der Waals surface area contributed by atoms with E-state index in [4.69, 9.17) is 9.72 Å². The fourth-order valence-electron chi connectivity index (χ4n) is 5.31. The Hall–Kier alpha value is -4.87. The summed E-state index contributed by atoms with van der Waals surface area (Å²) in [7, 11) is 0. The van der Waals surface area contributed by atoms with Crippen molar-refractivity contribution < 1.29 is 18.7 Å². The van der Waals surface area contributed by atoms with Crippen molar-refractivity contribution in [1.29, 1.82) is 0 Å². The number of aromatic nitrogens is 3. The number of anilines is 3. The summed E-state index contributed by atoms with van der Waals surface area (Å²) in [4.78, 5) is 36.1. The molecule has 1 atom stereocenters. The highest BCUT2D eigenvalue weighted by Crippen LogP contribution is 2.37. The van der Waals surface area contributed by atoms with E-state index < -0.39 is 5.95 Å². The lowest BCUT2D eigenvalue weighted by atomic mass is 10.1. The highest BCUT2D eigenvalue weighted by Gasteiger charge is 2.28. The summed E-state index contributed by atoms with van der Waals surface area (Å²) in [5, 5.41) is 8.32. The van der Waals surface area contributed by atoms with E-state index in [2.05, 4.69) is 20.5 Å². The number of benzene rings is 2. The molecule has 44 heavy (non-hydrogen) atoms. The van der Waals surface area contributed by atoms with Gasteiger partial charge in [0.15, 0.2) is 5.13 Å². The lowest BCUT2D eigenvalue weighted by molar-refractivity contribution is -0.121. The normalized spacial score (nSPS) is 14.5. The molecule has 9 nitrogen and oxygen atoms in total. The lowest BCUT2D eigenvalue weighted by Gasteiger charge is -2.26. The van der Waals surface area contributed by atoms with Gasteiger partial charge in [-0.1, -0.05) is 30.3 Å². The average molecular weight is 611 g/mol.